The molecule has 0 bridgehead atoms. The molecule has 1 aromatic rings. The number of ether oxygens (including phenoxy) is 1. The molecule has 88 valence electrons. The molecule has 1 rings (SSSR count). The largest absolute Gasteiger partial charge is 0.465 e. The predicted molar refractivity (Wildman–Crippen MR) is 56.3 cm³/mol. The lowest BCUT2D eigenvalue weighted by molar-refractivity contribution is -0.142. The molecule has 2 nitrogen and oxygen atoms in total. The minimum absolute atomic E-state index is 0.182. The van der Waals surface area contributed by atoms with Crippen LogP contribution in [0.5, 0.6) is 0 Å². The first-order valence-electron chi connectivity index (χ1n) is 4.79. The second-order valence-corrected chi connectivity index (χ2v) is 3.65. The van der Waals surface area contributed by atoms with Crippen LogP contribution in [0.4, 0.5) is 8.78 Å². The fourth-order valence-electron chi connectivity index (χ4n) is 1.22. The van der Waals surface area contributed by atoms with Crippen LogP contribution >= 0.6 is 11.6 Å². The fraction of sp³-hybridized carbons (Fsp3) is 0.364. The molecule has 0 aliphatic heterocycles. The van der Waals surface area contributed by atoms with E-state index in [0.717, 1.165) is 12.1 Å². The first-order chi connectivity index (χ1) is 7.56. The lowest BCUT2D eigenvalue weighted by atomic mass is 10.1. The van der Waals surface area contributed by atoms with Crippen molar-refractivity contribution in [2.24, 2.45) is 0 Å². The van der Waals surface area contributed by atoms with Gasteiger partial charge < -0.3 is 4.74 Å². The van der Waals surface area contributed by atoms with E-state index in [4.69, 9.17) is 11.6 Å². The number of hydrogen-bond acceptors (Lipinski definition) is 2. The van der Waals surface area contributed by atoms with Crippen LogP contribution in [-0.4, -0.2) is 18.0 Å². The summed E-state index contributed by atoms with van der Waals surface area (Å²) in [5, 5.41) is -1.08. The molecule has 1 atom stereocenters. The number of alkyl halides is 1. The van der Waals surface area contributed by atoms with Crippen molar-refractivity contribution in [3.8, 4) is 0 Å². The summed E-state index contributed by atoms with van der Waals surface area (Å²) in [6, 6.07) is 3.49. The Kier molecular flexibility index (Phi) is 4.68. The topological polar surface area (TPSA) is 26.3 Å². The maximum Gasteiger partial charge on any atom is 0.324 e. The van der Waals surface area contributed by atoms with Gasteiger partial charge in [-0.2, -0.15) is 0 Å². The van der Waals surface area contributed by atoms with Crippen molar-refractivity contribution in [3.63, 3.8) is 0 Å². The Labute approximate surface area is 97.2 Å². The molecule has 5 heteroatoms. The van der Waals surface area contributed by atoms with E-state index >= 15 is 0 Å². The van der Waals surface area contributed by atoms with E-state index < -0.39 is 23.0 Å². The van der Waals surface area contributed by atoms with E-state index in [9.17, 15) is 13.6 Å². The normalized spacial score (nSPS) is 12.2. The highest BCUT2D eigenvalue weighted by Crippen LogP contribution is 2.17. The highest BCUT2D eigenvalue weighted by Gasteiger charge is 2.20. The molecule has 0 radical (unpaired) electrons. The van der Waals surface area contributed by atoms with Gasteiger partial charge in [0.25, 0.3) is 0 Å². The molecule has 0 aliphatic rings. The molecule has 1 aromatic carbocycles. The van der Waals surface area contributed by atoms with Gasteiger partial charge in [-0.1, -0.05) is 6.07 Å². The first-order valence-corrected chi connectivity index (χ1v) is 5.23. The molecular formula is C11H11ClF2O2. The lowest BCUT2D eigenvalue weighted by Gasteiger charge is -2.09. The highest BCUT2D eigenvalue weighted by molar-refractivity contribution is 6.30. The van der Waals surface area contributed by atoms with Gasteiger partial charge in [0.1, 0.15) is 17.0 Å². The molecule has 0 spiro atoms. The van der Waals surface area contributed by atoms with Crippen molar-refractivity contribution in [2.75, 3.05) is 6.61 Å². The van der Waals surface area contributed by atoms with E-state index in [1.807, 2.05) is 0 Å². The van der Waals surface area contributed by atoms with Crippen LogP contribution in [0.15, 0.2) is 18.2 Å². The number of hydrogen-bond donors (Lipinski definition) is 0. The number of esters is 1. The quantitative estimate of drug-likeness (QED) is 0.605. The summed E-state index contributed by atoms with van der Waals surface area (Å²) in [5.74, 6) is -2.10. The average Bonchev–Trinajstić information content (AvgIpc) is 2.23. The van der Waals surface area contributed by atoms with E-state index in [2.05, 4.69) is 4.74 Å². The molecular weight excluding hydrogens is 238 g/mol. The summed E-state index contributed by atoms with van der Waals surface area (Å²) < 4.78 is 31.1. The van der Waals surface area contributed by atoms with Crippen LogP contribution in [0.25, 0.3) is 0 Å². The lowest BCUT2D eigenvalue weighted by Crippen LogP contribution is -2.21. The third kappa shape index (κ3) is 3.17. The minimum atomic E-state index is -1.08. The zero-order chi connectivity index (χ0) is 12.1. The van der Waals surface area contributed by atoms with E-state index in [-0.39, 0.29) is 18.6 Å². The molecule has 0 N–H and O–H groups in total. The number of halogens is 3. The van der Waals surface area contributed by atoms with Crippen LogP contribution in [0, 0.1) is 11.6 Å². The Bertz CT molecular complexity index is 362. The van der Waals surface area contributed by atoms with Gasteiger partial charge in [-0.15, -0.1) is 11.6 Å². The molecule has 16 heavy (non-hydrogen) atoms. The molecule has 0 aliphatic carbocycles. The predicted octanol–water partition coefficient (Wildman–Crippen LogP) is 2.68. The van der Waals surface area contributed by atoms with E-state index in [1.54, 1.807) is 6.92 Å². The minimum Gasteiger partial charge on any atom is -0.465 e. The fourth-order valence-corrected chi connectivity index (χ4v) is 1.44. The van der Waals surface area contributed by atoms with Crippen molar-refractivity contribution >= 4 is 17.6 Å². The van der Waals surface area contributed by atoms with E-state index in [1.165, 1.54) is 6.07 Å². The zero-order valence-electron chi connectivity index (χ0n) is 8.67. The van der Waals surface area contributed by atoms with Crippen molar-refractivity contribution in [1.29, 1.82) is 0 Å². The summed E-state index contributed by atoms with van der Waals surface area (Å²) in [6.45, 7) is 1.81. The summed E-state index contributed by atoms with van der Waals surface area (Å²) in [6.07, 6.45) is -0.223. The second-order valence-electron chi connectivity index (χ2n) is 3.12. The molecule has 0 saturated carbocycles. The van der Waals surface area contributed by atoms with Crippen LogP contribution in [0.1, 0.15) is 12.5 Å². The van der Waals surface area contributed by atoms with E-state index in [0.29, 0.717) is 0 Å². The molecule has 0 amide bonds. The summed E-state index contributed by atoms with van der Waals surface area (Å²) in [7, 11) is 0. The maximum atomic E-state index is 13.2. The van der Waals surface area contributed by atoms with Gasteiger partial charge in [-0.3, -0.25) is 4.79 Å². The number of carbonyl (C=O) groups excluding carboxylic acids is 1. The maximum absolute atomic E-state index is 13.2. The van der Waals surface area contributed by atoms with Gasteiger partial charge in [0.15, 0.2) is 0 Å². The van der Waals surface area contributed by atoms with Crippen molar-refractivity contribution < 1.29 is 18.3 Å². The summed E-state index contributed by atoms with van der Waals surface area (Å²) in [5.41, 5.74) is -0.199. The molecule has 0 fully saturated rings. The Morgan fingerprint density at radius 2 is 2.00 bits per heavy atom. The van der Waals surface area contributed by atoms with Gasteiger partial charge in [-0.25, -0.2) is 8.78 Å². The van der Waals surface area contributed by atoms with Crippen LogP contribution in [0.3, 0.4) is 0 Å². The smallest absolute Gasteiger partial charge is 0.324 e. The van der Waals surface area contributed by atoms with Gasteiger partial charge in [0, 0.05) is 12.0 Å². The van der Waals surface area contributed by atoms with Crippen molar-refractivity contribution in [1.82, 2.24) is 0 Å². The van der Waals surface area contributed by atoms with Crippen molar-refractivity contribution in [3.05, 3.63) is 35.4 Å². The standard InChI is InChI=1S/C11H11ClF2O2/c1-2-16-11(15)8(12)6-7-9(13)4-3-5-10(7)14/h3-5,8H,2,6H2,1H3. The van der Waals surface area contributed by atoms with Gasteiger partial charge >= 0.3 is 5.97 Å². The highest BCUT2D eigenvalue weighted by atomic mass is 35.5. The Morgan fingerprint density at radius 1 is 1.44 bits per heavy atom. The Morgan fingerprint density at radius 3 is 2.50 bits per heavy atom. The average molecular weight is 249 g/mol. The van der Waals surface area contributed by atoms with Crippen LogP contribution in [-0.2, 0) is 16.0 Å². The number of benzene rings is 1. The third-order valence-corrected chi connectivity index (χ3v) is 2.32. The number of rotatable bonds is 4. The van der Waals surface area contributed by atoms with Crippen LogP contribution < -0.4 is 0 Å². The van der Waals surface area contributed by atoms with Crippen LogP contribution in [0.2, 0.25) is 0 Å². The number of carbonyl (C=O) groups is 1. The van der Waals surface area contributed by atoms with Gasteiger partial charge in [0.2, 0.25) is 0 Å². The monoisotopic (exact) mass is 248 g/mol. The summed E-state index contributed by atoms with van der Waals surface area (Å²) >= 11 is 5.68. The Hall–Kier alpha value is -1.16. The third-order valence-electron chi connectivity index (χ3n) is 1.99. The van der Waals surface area contributed by atoms with Gasteiger partial charge in [-0.05, 0) is 19.1 Å². The molecule has 0 saturated heterocycles. The zero-order valence-corrected chi connectivity index (χ0v) is 9.43. The van der Waals surface area contributed by atoms with Crippen molar-refractivity contribution in [2.45, 2.75) is 18.7 Å². The molecule has 1 unspecified atom stereocenters. The molecule has 0 aromatic heterocycles. The Balaban J connectivity index is 2.76. The second kappa shape index (κ2) is 5.80. The first kappa shape index (κ1) is 12.9. The molecule has 0 heterocycles. The van der Waals surface area contributed by atoms with Gasteiger partial charge in [0.05, 0.1) is 6.61 Å². The summed E-state index contributed by atoms with van der Waals surface area (Å²) in [4.78, 5) is 11.2. The SMILES string of the molecule is CCOC(=O)C(Cl)Cc1c(F)cccc1F.